The summed E-state index contributed by atoms with van der Waals surface area (Å²) in [5, 5.41) is 30.4. The number of fused-ring (bicyclic) bond motifs is 14. The number of para-hydroxylation sites is 2. The van der Waals surface area contributed by atoms with Crippen LogP contribution in [0.5, 0.6) is 0 Å². The first-order valence-electron chi connectivity index (χ1n) is 19.3. The second kappa shape index (κ2) is 11.7. The quantitative estimate of drug-likeness (QED) is 0.180. The van der Waals surface area contributed by atoms with Crippen molar-refractivity contribution in [3.05, 3.63) is 168 Å². The fourth-order valence-electron chi connectivity index (χ4n) is 9.46. The number of nitrogens with zero attached hydrogens (tertiary/aromatic N) is 4. The van der Waals surface area contributed by atoms with Crippen LogP contribution in [0.15, 0.2) is 154 Å². The van der Waals surface area contributed by atoms with E-state index in [0.29, 0.717) is 22.5 Å². The lowest BCUT2D eigenvalue weighted by Crippen LogP contribution is -2.08. The zero-order valence-corrected chi connectivity index (χ0v) is 31.5. The molecule has 0 unspecified atom stereocenters. The molecular formula is C52H30N4O2. The number of hydrogen-bond acceptors (Lipinski definition) is 4. The monoisotopic (exact) mass is 742 g/mol. The van der Waals surface area contributed by atoms with Crippen LogP contribution in [-0.4, -0.2) is 9.13 Å². The summed E-state index contributed by atoms with van der Waals surface area (Å²) in [6.07, 6.45) is 0. The number of nitriles is 2. The van der Waals surface area contributed by atoms with Gasteiger partial charge in [0.25, 0.3) is 0 Å². The zero-order chi connectivity index (χ0) is 38.8. The van der Waals surface area contributed by atoms with Gasteiger partial charge >= 0.3 is 0 Å². The van der Waals surface area contributed by atoms with Gasteiger partial charge in [0.1, 0.15) is 34.5 Å². The largest absolute Gasteiger partial charge is 0.455 e. The molecule has 12 rings (SSSR count). The normalized spacial score (nSPS) is 11.9. The predicted octanol–water partition coefficient (Wildman–Crippen LogP) is 13.7. The summed E-state index contributed by atoms with van der Waals surface area (Å²) in [6, 6.07) is 54.7. The van der Waals surface area contributed by atoms with Crippen molar-refractivity contribution in [3.8, 4) is 34.6 Å². The maximum Gasteiger partial charge on any atom is 0.145 e. The zero-order valence-electron chi connectivity index (χ0n) is 31.5. The number of rotatable bonds is 3. The van der Waals surface area contributed by atoms with Crippen molar-refractivity contribution < 1.29 is 8.83 Å². The van der Waals surface area contributed by atoms with Gasteiger partial charge < -0.3 is 18.0 Å². The molecule has 0 bridgehead atoms. The molecule has 0 aliphatic carbocycles. The van der Waals surface area contributed by atoms with Gasteiger partial charge in [0, 0.05) is 37.9 Å². The molecule has 0 N–H and O–H groups in total. The van der Waals surface area contributed by atoms with Gasteiger partial charge in [-0.05, 0) is 86.1 Å². The number of hydrogen-bond donors (Lipinski definition) is 0. The van der Waals surface area contributed by atoms with E-state index in [0.717, 1.165) is 110 Å². The Morgan fingerprint density at radius 3 is 1.36 bits per heavy atom. The van der Waals surface area contributed by atoms with E-state index in [1.807, 2.05) is 54.6 Å². The Morgan fingerprint density at radius 2 is 0.879 bits per heavy atom. The molecule has 0 spiro atoms. The lowest BCUT2D eigenvalue weighted by Gasteiger charge is -2.22. The molecule has 12 aromatic rings. The highest BCUT2D eigenvalue weighted by Crippen LogP contribution is 2.48. The van der Waals surface area contributed by atoms with Crippen molar-refractivity contribution in [1.82, 2.24) is 9.13 Å². The van der Waals surface area contributed by atoms with Crippen LogP contribution in [0.1, 0.15) is 22.3 Å². The molecule has 0 amide bonds. The minimum Gasteiger partial charge on any atom is -0.455 e. The molecule has 0 fully saturated rings. The summed E-state index contributed by atoms with van der Waals surface area (Å²) in [5.74, 6) is 0. The van der Waals surface area contributed by atoms with Crippen LogP contribution in [0, 0.1) is 36.5 Å². The first kappa shape index (κ1) is 32.2. The van der Waals surface area contributed by atoms with E-state index in [2.05, 4.69) is 120 Å². The van der Waals surface area contributed by atoms with E-state index < -0.39 is 0 Å². The second-order valence-electron chi connectivity index (χ2n) is 15.2. The van der Waals surface area contributed by atoms with Crippen molar-refractivity contribution >= 4 is 87.5 Å². The Bertz CT molecular complexity index is 3610. The standard InChI is InChI=1S/C52H30N4O2/c1-29-16-20-40-38(24-29)47-42(22-18-36-34-12-6-8-14-44(34)57-51(36)47)55(40)49-32(27-53)26-33(28-54)50(46(49)31-10-4-3-5-11-31)56-41-21-17-30(2)25-39(41)48-43(56)23-19-37-35-13-7-9-15-45(35)58-52(37)48/h3-26H,1-2H3. The molecule has 58 heavy (non-hydrogen) atoms. The average Bonchev–Trinajstić information content (AvgIpc) is 4.00. The van der Waals surface area contributed by atoms with E-state index in [9.17, 15) is 10.5 Å². The smallest absolute Gasteiger partial charge is 0.145 e. The fourth-order valence-corrected chi connectivity index (χ4v) is 9.46. The number of aromatic nitrogens is 2. The summed E-state index contributed by atoms with van der Waals surface area (Å²) in [4.78, 5) is 0. The van der Waals surface area contributed by atoms with Gasteiger partial charge in [-0.3, -0.25) is 0 Å². The topological polar surface area (TPSA) is 83.7 Å². The third kappa shape index (κ3) is 4.23. The van der Waals surface area contributed by atoms with Crippen LogP contribution in [0.4, 0.5) is 0 Å². The van der Waals surface area contributed by atoms with Gasteiger partial charge in [-0.1, -0.05) is 90.0 Å². The van der Waals surface area contributed by atoms with Crippen LogP contribution in [0.3, 0.4) is 0 Å². The molecule has 0 aliphatic heterocycles. The molecule has 4 aromatic heterocycles. The highest BCUT2D eigenvalue weighted by Gasteiger charge is 2.29. The Hall–Kier alpha value is -8.06. The van der Waals surface area contributed by atoms with Crippen molar-refractivity contribution in [2.24, 2.45) is 0 Å². The summed E-state index contributed by atoms with van der Waals surface area (Å²) >= 11 is 0. The van der Waals surface area contributed by atoms with Crippen molar-refractivity contribution in [1.29, 1.82) is 10.5 Å². The highest BCUT2D eigenvalue weighted by atomic mass is 16.3. The molecule has 4 heterocycles. The van der Waals surface area contributed by atoms with Gasteiger partial charge in [0.2, 0.25) is 0 Å². The maximum absolute atomic E-state index is 11.1. The Balaban J connectivity index is 1.30. The van der Waals surface area contributed by atoms with Gasteiger partial charge in [0.05, 0.1) is 55.3 Å². The highest BCUT2D eigenvalue weighted by molar-refractivity contribution is 6.26. The summed E-state index contributed by atoms with van der Waals surface area (Å²) < 4.78 is 17.8. The number of benzene rings is 8. The second-order valence-corrected chi connectivity index (χ2v) is 15.2. The predicted molar refractivity (Wildman–Crippen MR) is 234 cm³/mol. The van der Waals surface area contributed by atoms with Crippen LogP contribution >= 0.6 is 0 Å². The molecule has 0 aliphatic rings. The Labute approximate surface area is 331 Å². The molecule has 270 valence electrons. The fraction of sp³-hybridized carbons (Fsp3) is 0.0385. The third-order valence-corrected chi connectivity index (χ3v) is 11.9. The van der Waals surface area contributed by atoms with E-state index in [1.54, 1.807) is 6.07 Å². The maximum atomic E-state index is 11.1. The van der Waals surface area contributed by atoms with Gasteiger partial charge in [-0.2, -0.15) is 10.5 Å². The Kier molecular flexibility index (Phi) is 6.51. The average molecular weight is 743 g/mol. The van der Waals surface area contributed by atoms with Crippen molar-refractivity contribution in [2.75, 3.05) is 0 Å². The van der Waals surface area contributed by atoms with E-state index in [1.165, 1.54) is 0 Å². The number of aryl methyl sites for hydroxylation is 2. The van der Waals surface area contributed by atoms with Crippen LogP contribution < -0.4 is 0 Å². The molecular weight excluding hydrogens is 713 g/mol. The minimum atomic E-state index is 0.388. The summed E-state index contributed by atoms with van der Waals surface area (Å²) in [5.41, 5.74) is 12.9. The lowest BCUT2D eigenvalue weighted by atomic mass is 9.93. The molecule has 6 nitrogen and oxygen atoms in total. The molecule has 0 saturated heterocycles. The van der Waals surface area contributed by atoms with E-state index >= 15 is 0 Å². The molecule has 0 atom stereocenters. The third-order valence-electron chi connectivity index (χ3n) is 11.9. The van der Waals surface area contributed by atoms with Crippen LogP contribution in [0.25, 0.3) is 110 Å². The molecule has 0 saturated carbocycles. The van der Waals surface area contributed by atoms with Crippen LogP contribution in [0.2, 0.25) is 0 Å². The van der Waals surface area contributed by atoms with Gasteiger partial charge in [0.15, 0.2) is 0 Å². The van der Waals surface area contributed by atoms with Gasteiger partial charge in [-0.15, -0.1) is 0 Å². The van der Waals surface area contributed by atoms with Crippen LogP contribution in [-0.2, 0) is 0 Å². The lowest BCUT2D eigenvalue weighted by molar-refractivity contribution is 0.672. The molecule has 6 heteroatoms. The Morgan fingerprint density at radius 1 is 0.431 bits per heavy atom. The minimum absolute atomic E-state index is 0.388. The summed E-state index contributed by atoms with van der Waals surface area (Å²) in [6.45, 7) is 4.19. The first-order valence-corrected chi connectivity index (χ1v) is 19.3. The van der Waals surface area contributed by atoms with Gasteiger partial charge in [-0.25, -0.2) is 0 Å². The summed E-state index contributed by atoms with van der Waals surface area (Å²) in [7, 11) is 0. The van der Waals surface area contributed by atoms with Crippen molar-refractivity contribution in [3.63, 3.8) is 0 Å². The molecule has 0 radical (unpaired) electrons. The first-order chi connectivity index (χ1) is 28.5. The SMILES string of the molecule is Cc1ccc2c(c1)c1c3oc4ccccc4c3ccc1n2-c1c(C#N)cc(C#N)c(-n2c3ccc(C)cc3c3c4oc5ccccc5c4ccc32)c1-c1ccccc1. The van der Waals surface area contributed by atoms with E-state index in [-0.39, 0.29) is 0 Å². The molecule has 8 aromatic carbocycles. The van der Waals surface area contributed by atoms with E-state index in [4.69, 9.17) is 8.83 Å². The van der Waals surface area contributed by atoms with Crippen molar-refractivity contribution in [2.45, 2.75) is 13.8 Å². The number of furan rings is 2.